The minimum Gasteiger partial charge on any atom is -0.497 e. The summed E-state index contributed by atoms with van der Waals surface area (Å²) in [6.07, 6.45) is 0.851. The number of anilines is 1. The Morgan fingerprint density at radius 2 is 1.81 bits per heavy atom. The molecule has 1 amide bonds. The minimum absolute atomic E-state index is 0.0222. The monoisotopic (exact) mass is 481 g/mol. The van der Waals surface area contributed by atoms with Gasteiger partial charge in [0, 0.05) is 35.0 Å². The van der Waals surface area contributed by atoms with Gasteiger partial charge in [-0.1, -0.05) is 41.9 Å². The van der Waals surface area contributed by atoms with E-state index in [9.17, 15) is 4.79 Å². The molecule has 2 aromatic carbocycles. The van der Waals surface area contributed by atoms with E-state index in [1.165, 1.54) is 0 Å². The molecule has 1 unspecified atom stereocenters. The van der Waals surface area contributed by atoms with Gasteiger partial charge in [0.1, 0.15) is 11.4 Å². The van der Waals surface area contributed by atoms with E-state index >= 15 is 0 Å². The highest BCUT2D eigenvalue weighted by Crippen LogP contribution is 2.44. The summed E-state index contributed by atoms with van der Waals surface area (Å²) >= 11 is 3.54. The predicted molar refractivity (Wildman–Crippen MR) is 129 cm³/mol. The maximum absolute atomic E-state index is 13.9. The number of nitrogens with zero attached hydrogens (tertiary/aromatic N) is 3. The molecule has 0 spiro atoms. The maximum Gasteiger partial charge on any atom is 0.275 e. The first-order valence-electron chi connectivity index (χ1n) is 10.6. The molecule has 4 rings (SSSR count). The maximum atomic E-state index is 13.9. The second-order valence-electron chi connectivity index (χ2n) is 8.44. The number of rotatable bonds is 5. The van der Waals surface area contributed by atoms with Crippen LogP contribution >= 0.6 is 15.9 Å². The summed E-state index contributed by atoms with van der Waals surface area (Å²) in [7, 11) is 3.64. The highest BCUT2D eigenvalue weighted by molar-refractivity contribution is 9.10. The van der Waals surface area contributed by atoms with Crippen LogP contribution in [0.3, 0.4) is 0 Å². The fourth-order valence-corrected chi connectivity index (χ4v) is 4.60. The van der Waals surface area contributed by atoms with Gasteiger partial charge in [0.2, 0.25) is 0 Å². The summed E-state index contributed by atoms with van der Waals surface area (Å²) in [6.45, 7) is 5.83. The van der Waals surface area contributed by atoms with E-state index < -0.39 is 0 Å². The molecule has 2 aromatic rings. The van der Waals surface area contributed by atoms with Crippen molar-refractivity contribution >= 4 is 33.2 Å². The Labute approximate surface area is 192 Å². The Hall–Kier alpha value is -2.60. The van der Waals surface area contributed by atoms with Gasteiger partial charge in [-0.3, -0.25) is 14.7 Å². The Morgan fingerprint density at radius 1 is 1.13 bits per heavy atom. The minimum atomic E-state index is -0.220. The zero-order valence-electron chi connectivity index (χ0n) is 18.4. The van der Waals surface area contributed by atoms with Crippen LogP contribution in [0.1, 0.15) is 31.9 Å². The lowest BCUT2D eigenvalue weighted by atomic mass is 9.91. The molecule has 6 heteroatoms. The number of hydrogen-bond acceptors (Lipinski definition) is 4. The summed E-state index contributed by atoms with van der Waals surface area (Å²) in [5, 5.41) is 0. The van der Waals surface area contributed by atoms with Gasteiger partial charge in [0.05, 0.1) is 19.7 Å². The molecule has 0 radical (unpaired) electrons. The van der Waals surface area contributed by atoms with Crippen molar-refractivity contribution in [3.8, 4) is 5.75 Å². The molecule has 2 aliphatic heterocycles. The number of likely N-dealkylation sites (N-methyl/N-ethyl adjacent to an activating group) is 1. The molecular weight excluding hydrogens is 454 g/mol. The van der Waals surface area contributed by atoms with Gasteiger partial charge in [-0.15, -0.1) is 0 Å². The highest BCUT2D eigenvalue weighted by atomic mass is 79.9. The van der Waals surface area contributed by atoms with Gasteiger partial charge in [-0.2, -0.15) is 0 Å². The van der Waals surface area contributed by atoms with Gasteiger partial charge in [-0.05, 0) is 54.3 Å². The largest absolute Gasteiger partial charge is 0.497 e. The van der Waals surface area contributed by atoms with Crippen molar-refractivity contribution in [2.24, 2.45) is 10.9 Å². The third-order valence-electron chi connectivity index (χ3n) is 5.78. The third-order valence-corrected chi connectivity index (χ3v) is 6.31. The van der Waals surface area contributed by atoms with E-state index in [-0.39, 0.29) is 11.9 Å². The van der Waals surface area contributed by atoms with Gasteiger partial charge in [0.25, 0.3) is 5.91 Å². The van der Waals surface area contributed by atoms with E-state index in [1.807, 2.05) is 48.3 Å². The third kappa shape index (κ3) is 4.13. The number of halogens is 1. The average Bonchev–Trinajstić information content (AvgIpc) is 2.96. The van der Waals surface area contributed by atoms with Crippen LogP contribution in [-0.2, 0) is 4.79 Å². The molecule has 1 atom stereocenters. The van der Waals surface area contributed by atoms with Crippen molar-refractivity contribution in [2.45, 2.75) is 26.3 Å². The number of carbonyl (C=O) groups is 1. The van der Waals surface area contributed by atoms with Crippen molar-refractivity contribution in [2.75, 3.05) is 32.1 Å². The van der Waals surface area contributed by atoms with Gasteiger partial charge < -0.3 is 9.64 Å². The van der Waals surface area contributed by atoms with Crippen LogP contribution in [0.15, 0.2) is 69.3 Å². The predicted octanol–water partition coefficient (Wildman–Crippen LogP) is 5.23. The van der Waals surface area contributed by atoms with Crippen LogP contribution in [0.5, 0.6) is 5.75 Å². The number of ether oxygens (including phenoxy) is 1. The van der Waals surface area contributed by atoms with E-state index in [0.717, 1.165) is 51.4 Å². The number of methoxy groups -OCH3 is 1. The molecule has 162 valence electrons. The molecule has 0 fully saturated rings. The first kappa shape index (κ1) is 21.6. The Kier molecular flexibility index (Phi) is 6.19. The summed E-state index contributed by atoms with van der Waals surface area (Å²) in [5.74, 6) is 1.24. The van der Waals surface area contributed by atoms with Crippen LogP contribution in [-0.4, -0.2) is 43.8 Å². The second kappa shape index (κ2) is 8.87. The molecule has 0 aromatic heterocycles. The number of carbonyl (C=O) groups excluding carboxylic acids is 1. The van der Waals surface area contributed by atoms with Crippen LogP contribution in [0.25, 0.3) is 0 Å². The first-order valence-corrected chi connectivity index (χ1v) is 11.4. The van der Waals surface area contributed by atoms with Crippen LogP contribution in [0.4, 0.5) is 5.69 Å². The van der Waals surface area contributed by atoms with E-state index in [0.29, 0.717) is 12.5 Å². The normalized spacial score (nSPS) is 19.0. The van der Waals surface area contributed by atoms with Gasteiger partial charge in [-0.25, -0.2) is 0 Å². The number of amides is 1. The summed E-state index contributed by atoms with van der Waals surface area (Å²) in [5.41, 5.74) is 4.78. The molecule has 5 nitrogen and oxygen atoms in total. The smallest absolute Gasteiger partial charge is 0.275 e. The van der Waals surface area contributed by atoms with Crippen molar-refractivity contribution < 1.29 is 9.53 Å². The fourth-order valence-electron chi connectivity index (χ4n) is 4.33. The van der Waals surface area contributed by atoms with E-state index in [2.05, 4.69) is 46.8 Å². The molecular formula is C25H28BrN3O2. The SMILES string of the molecule is COc1ccc(N2C(=O)C3=C(C(CC(C)C)=NCCN3C)C2c2ccc(Br)cc2)cc1. The lowest BCUT2D eigenvalue weighted by Gasteiger charge is -2.29. The Bertz CT molecular complexity index is 1030. The Morgan fingerprint density at radius 3 is 2.42 bits per heavy atom. The van der Waals surface area contributed by atoms with Crippen molar-refractivity contribution in [3.63, 3.8) is 0 Å². The zero-order valence-corrected chi connectivity index (χ0v) is 20.0. The van der Waals surface area contributed by atoms with Crippen molar-refractivity contribution in [1.29, 1.82) is 0 Å². The quantitative estimate of drug-likeness (QED) is 0.586. The van der Waals surface area contributed by atoms with Crippen LogP contribution in [0, 0.1) is 5.92 Å². The van der Waals surface area contributed by atoms with Gasteiger partial charge in [0.15, 0.2) is 0 Å². The highest BCUT2D eigenvalue weighted by Gasteiger charge is 2.45. The van der Waals surface area contributed by atoms with E-state index in [4.69, 9.17) is 9.73 Å². The van der Waals surface area contributed by atoms with E-state index in [1.54, 1.807) is 7.11 Å². The molecule has 2 heterocycles. The molecule has 0 bridgehead atoms. The van der Waals surface area contributed by atoms with Gasteiger partial charge >= 0.3 is 0 Å². The number of benzene rings is 2. The molecule has 0 saturated heterocycles. The fraction of sp³-hybridized carbons (Fsp3) is 0.360. The Balaban J connectivity index is 1.90. The lowest BCUT2D eigenvalue weighted by Crippen LogP contribution is -2.34. The lowest BCUT2D eigenvalue weighted by molar-refractivity contribution is -0.116. The first-order chi connectivity index (χ1) is 14.9. The number of aliphatic imine (C=N–C) groups is 1. The average molecular weight is 482 g/mol. The van der Waals surface area contributed by atoms with Crippen LogP contribution < -0.4 is 9.64 Å². The molecule has 2 aliphatic rings. The molecule has 31 heavy (non-hydrogen) atoms. The topological polar surface area (TPSA) is 45.1 Å². The summed E-state index contributed by atoms with van der Waals surface area (Å²) in [4.78, 5) is 22.8. The standard InChI is InChI=1S/C25H28BrN3O2/c1-16(2)15-21-22-23(17-5-7-18(26)8-6-17)29(19-9-11-20(31-4)12-10-19)25(30)24(22)28(3)14-13-27-21/h5-12,16,23H,13-15H2,1-4H3. The number of hydrogen-bond donors (Lipinski definition) is 0. The molecule has 0 aliphatic carbocycles. The second-order valence-corrected chi connectivity index (χ2v) is 9.35. The molecule has 0 saturated carbocycles. The molecule has 0 N–H and O–H groups in total. The zero-order chi connectivity index (χ0) is 22.1. The van der Waals surface area contributed by atoms with Crippen molar-refractivity contribution in [3.05, 3.63) is 69.8 Å². The summed E-state index contributed by atoms with van der Waals surface area (Å²) < 4.78 is 6.34. The summed E-state index contributed by atoms with van der Waals surface area (Å²) in [6, 6.07) is 15.7. The van der Waals surface area contributed by atoms with Crippen molar-refractivity contribution in [1.82, 2.24) is 4.90 Å². The van der Waals surface area contributed by atoms with Crippen LogP contribution in [0.2, 0.25) is 0 Å².